The first-order chi connectivity index (χ1) is 16.5. The molecule has 5 rings (SSSR count). The summed E-state index contributed by atoms with van der Waals surface area (Å²) in [5, 5.41) is 5.12. The normalized spacial score (nSPS) is 19.7. The summed E-state index contributed by atoms with van der Waals surface area (Å²) >= 11 is 0. The van der Waals surface area contributed by atoms with Crippen LogP contribution in [0.5, 0.6) is 0 Å². The summed E-state index contributed by atoms with van der Waals surface area (Å²) in [6.07, 6.45) is 6.78. The van der Waals surface area contributed by atoms with Crippen molar-refractivity contribution in [3.8, 4) is 0 Å². The van der Waals surface area contributed by atoms with Crippen LogP contribution in [0.2, 0.25) is 0 Å². The van der Waals surface area contributed by atoms with E-state index in [0.717, 1.165) is 74.0 Å². The molecule has 4 heterocycles. The zero-order valence-electron chi connectivity index (χ0n) is 21.2. The molecule has 0 aliphatic carbocycles. The Morgan fingerprint density at radius 3 is 2.53 bits per heavy atom. The van der Waals surface area contributed by atoms with Gasteiger partial charge in [-0.15, -0.1) is 0 Å². The molecule has 0 saturated carbocycles. The third kappa shape index (κ3) is 4.15. The molecule has 3 aromatic rings. The van der Waals surface area contributed by atoms with Crippen LogP contribution in [-0.2, 0) is 6.42 Å². The van der Waals surface area contributed by atoms with Crippen LogP contribution >= 0.6 is 0 Å². The number of hydrogen-bond donors (Lipinski definition) is 0. The Labute approximate surface area is 203 Å². The number of benzene rings is 1. The van der Waals surface area contributed by atoms with E-state index < -0.39 is 0 Å². The Balaban J connectivity index is 1.62. The summed E-state index contributed by atoms with van der Waals surface area (Å²) in [5.41, 5.74) is 7.00. The smallest absolute Gasteiger partial charge is 0.160 e. The molecule has 2 aromatic heterocycles. The Morgan fingerprint density at radius 1 is 1.00 bits per heavy atom. The highest BCUT2D eigenvalue weighted by atomic mass is 15.4. The average molecular weight is 459 g/mol. The first-order valence-electron chi connectivity index (χ1n) is 12.8. The summed E-state index contributed by atoms with van der Waals surface area (Å²) in [7, 11) is 4.35. The fraction of sp³-hybridized carbons (Fsp3) is 0.500. The van der Waals surface area contributed by atoms with Crippen molar-refractivity contribution >= 4 is 23.0 Å². The van der Waals surface area contributed by atoms with Crippen LogP contribution in [0, 0.1) is 6.92 Å². The molecular weight excluding hydrogens is 420 g/mol. The van der Waals surface area contributed by atoms with Gasteiger partial charge in [0.2, 0.25) is 0 Å². The first kappa shape index (κ1) is 22.8. The quantitative estimate of drug-likeness (QED) is 0.510. The maximum atomic E-state index is 5.12. The van der Waals surface area contributed by atoms with E-state index in [1.54, 1.807) is 0 Å². The van der Waals surface area contributed by atoms with E-state index in [2.05, 4.69) is 84.1 Å². The predicted molar refractivity (Wildman–Crippen MR) is 142 cm³/mol. The van der Waals surface area contributed by atoms with Gasteiger partial charge in [0.25, 0.3) is 0 Å². The lowest BCUT2D eigenvalue weighted by Crippen LogP contribution is -2.25. The van der Waals surface area contributed by atoms with Crippen LogP contribution in [0.25, 0.3) is 11.3 Å². The fourth-order valence-electron chi connectivity index (χ4n) is 5.52. The molecule has 0 amide bonds. The molecule has 180 valence electrons. The zero-order valence-corrected chi connectivity index (χ0v) is 21.2. The van der Waals surface area contributed by atoms with E-state index >= 15 is 0 Å². The number of aromatic nitrogens is 3. The minimum atomic E-state index is 0.138. The topological polar surface area (TPSA) is 39.9 Å². The fourth-order valence-corrected chi connectivity index (χ4v) is 5.52. The zero-order chi connectivity index (χ0) is 23.8. The number of anilines is 2. The van der Waals surface area contributed by atoms with Gasteiger partial charge in [-0.2, -0.15) is 9.61 Å². The highest BCUT2D eigenvalue weighted by Gasteiger charge is 2.25. The number of nitrogens with zero attached hydrogens (tertiary/aromatic N) is 6. The van der Waals surface area contributed by atoms with Crippen LogP contribution < -0.4 is 9.80 Å². The maximum absolute atomic E-state index is 5.12. The van der Waals surface area contributed by atoms with Crippen molar-refractivity contribution in [2.24, 2.45) is 0 Å². The van der Waals surface area contributed by atoms with Crippen LogP contribution in [0.4, 0.5) is 11.6 Å². The third-order valence-corrected chi connectivity index (χ3v) is 7.62. The number of fused-ring (bicyclic) bond motifs is 2. The van der Waals surface area contributed by atoms with Gasteiger partial charge in [0.1, 0.15) is 11.6 Å². The van der Waals surface area contributed by atoms with Gasteiger partial charge in [-0.3, -0.25) is 0 Å². The maximum Gasteiger partial charge on any atom is 0.160 e. The Kier molecular flexibility index (Phi) is 6.24. The molecule has 1 unspecified atom stereocenters. The van der Waals surface area contributed by atoms with E-state index in [-0.39, 0.29) is 6.04 Å². The van der Waals surface area contributed by atoms with Crippen molar-refractivity contribution in [3.05, 3.63) is 59.3 Å². The molecule has 0 radical (unpaired) electrons. The van der Waals surface area contributed by atoms with Crippen LogP contribution in [0.1, 0.15) is 67.5 Å². The summed E-state index contributed by atoms with van der Waals surface area (Å²) in [4.78, 5) is 12.2. The molecule has 1 aromatic carbocycles. The molecule has 1 saturated heterocycles. The summed E-state index contributed by atoms with van der Waals surface area (Å²) in [5.74, 6) is 2.21. The van der Waals surface area contributed by atoms with E-state index in [0.29, 0.717) is 0 Å². The highest BCUT2D eigenvalue weighted by Crippen LogP contribution is 2.34. The van der Waals surface area contributed by atoms with Gasteiger partial charge in [0.15, 0.2) is 5.65 Å². The minimum Gasteiger partial charge on any atom is -0.366 e. The number of hydrogen-bond acceptors (Lipinski definition) is 5. The molecule has 2 aliphatic rings. The summed E-state index contributed by atoms with van der Waals surface area (Å²) in [6.45, 7) is 12.1. The van der Waals surface area contributed by atoms with Crippen molar-refractivity contribution in [1.82, 2.24) is 19.5 Å². The van der Waals surface area contributed by atoms with Gasteiger partial charge in [-0.25, -0.2) is 4.98 Å². The highest BCUT2D eigenvalue weighted by molar-refractivity contribution is 5.66. The monoisotopic (exact) mass is 458 g/mol. The van der Waals surface area contributed by atoms with E-state index in [1.807, 2.05) is 0 Å². The summed E-state index contributed by atoms with van der Waals surface area (Å²) < 4.78 is 2.05. The molecule has 0 N–H and O–H groups in total. The first-order valence-corrected chi connectivity index (χ1v) is 12.8. The van der Waals surface area contributed by atoms with Crippen molar-refractivity contribution in [2.45, 2.75) is 58.4 Å². The van der Waals surface area contributed by atoms with Gasteiger partial charge in [0.05, 0.1) is 11.7 Å². The second-order valence-corrected chi connectivity index (χ2v) is 10.0. The van der Waals surface area contributed by atoms with Gasteiger partial charge >= 0.3 is 0 Å². The Hall–Kier alpha value is -3.02. The SMILES string of the molecule is C=C1c2cc(C)ccc2CCCCN(C)c2cc(N3CCCC3)nc3cc(nn23)C(CC)N1C. The van der Waals surface area contributed by atoms with E-state index in [9.17, 15) is 0 Å². The van der Waals surface area contributed by atoms with Crippen molar-refractivity contribution in [1.29, 1.82) is 0 Å². The van der Waals surface area contributed by atoms with Gasteiger partial charge in [0, 0.05) is 57.1 Å². The number of rotatable bonds is 2. The predicted octanol–water partition coefficient (Wildman–Crippen LogP) is 5.46. The molecule has 2 bridgehead atoms. The second-order valence-electron chi connectivity index (χ2n) is 10.0. The van der Waals surface area contributed by atoms with E-state index in [4.69, 9.17) is 10.1 Å². The van der Waals surface area contributed by atoms with Crippen LogP contribution in [0.3, 0.4) is 0 Å². The van der Waals surface area contributed by atoms with Crippen molar-refractivity contribution < 1.29 is 0 Å². The van der Waals surface area contributed by atoms with Crippen molar-refractivity contribution in [3.63, 3.8) is 0 Å². The van der Waals surface area contributed by atoms with Crippen LogP contribution in [0.15, 0.2) is 36.9 Å². The van der Waals surface area contributed by atoms with Crippen LogP contribution in [-0.4, -0.2) is 53.2 Å². The Morgan fingerprint density at radius 2 is 1.76 bits per heavy atom. The molecular formula is C28H38N6. The molecule has 2 aliphatic heterocycles. The molecule has 6 nitrogen and oxygen atoms in total. The second kappa shape index (κ2) is 9.32. The molecule has 34 heavy (non-hydrogen) atoms. The average Bonchev–Trinajstić information content (AvgIpc) is 3.51. The standard InChI is InChI=1S/C28H38N6/c1-6-25-24-18-27-29-26(33-15-9-10-16-33)19-28(34(27)30-24)31(4)14-8-7-11-22-13-12-20(2)17-23(22)21(3)32(25)5/h12-13,17-19,25H,3,6-11,14-16H2,1-2,4-5H3. The van der Waals surface area contributed by atoms with Gasteiger partial charge < -0.3 is 14.7 Å². The lowest BCUT2D eigenvalue weighted by Gasteiger charge is -2.31. The van der Waals surface area contributed by atoms with Gasteiger partial charge in [-0.05, 0) is 57.1 Å². The molecule has 1 fully saturated rings. The molecule has 0 spiro atoms. The lowest BCUT2D eigenvalue weighted by molar-refractivity contribution is 0.338. The lowest BCUT2D eigenvalue weighted by atomic mass is 9.96. The largest absolute Gasteiger partial charge is 0.366 e. The molecule has 1 atom stereocenters. The van der Waals surface area contributed by atoms with E-state index in [1.165, 1.54) is 29.5 Å². The summed E-state index contributed by atoms with van der Waals surface area (Å²) in [6, 6.07) is 11.4. The Bertz CT molecular complexity index is 1190. The number of aryl methyl sites for hydroxylation is 2. The van der Waals surface area contributed by atoms with Gasteiger partial charge in [-0.1, -0.05) is 31.2 Å². The van der Waals surface area contributed by atoms with Crippen molar-refractivity contribution in [2.75, 3.05) is 43.5 Å². The minimum absolute atomic E-state index is 0.138. The molecule has 6 heteroatoms. The third-order valence-electron chi connectivity index (χ3n) is 7.62.